The first-order chi connectivity index (χ1) is 10.8. The number of carbonyl (C=O) groups excluding carboxylic acids is 3. The van der Waals surface area contributed by atoms with Gasteiger partial charge in [0, 0.05) is 18.6 Å². The zero-order valence-corrected chi connectivity index (χ0v) is 13.6. The van der Waals surface area contributed by atoms with E-state index in [1.165, 1.54) is 0 Å². The van der Waals surface area contributed by atoms with Crippen LogP contribution in [0.3, 0.4) is 0 Å². The Kier molecular flexibility index (Phi) is 6.89. The largest absolute Gasteiger partial charge is 0.480 e. The Hall–Kier alpha value is -2.22. The molecule has 1 heterocycles. The van der Waals surface area contributed by atoms with Crippen LogP contribution < -0.4 is 5.43 Å². The third-order valence-corrected chi connectivity index (χ3v) is 3.40. The fourth-order valence-electron chi connectivity index (χ4n) is 2.24. The average Bonchev–Trinajstić information content (AvgIpc) is 2.76. The molecule has 3 amide bonds. The first-order valence-electron chi connectivity index (χ1n) is 7.67. The normalized spacial score (nSPS) is 15.6. The van der Waals surface area contributed by atoms with Gasteiger partial charge in [0.05, 0.1) is 0 Å². The van der Waals surface area contributed by atoms with Crippen molar-refractivity contribution in [1.82, 2.24) is 15.6 Å². The first kappa shape index (κ1) is 18.8. The number of imide groups is 1. The van der Waals surface area contributed by atoms with Gasteiger partial charge in [-0.2, -0.15) is 5.01 Å². The molecule has 1 aliphatic heterocycles. The summed E-state index contributed by atoms with van der Waals surface area (Å²) in [5.74, 6) is -3.48. The molecule has 128 valence electrons. The Morgan fingerprint density at radius 3 is 2.22 bits per heavy atom. The maximum Gasteiger partial charge on any atom is 0.325 e. The molecule has 0 aliphatic carbocycles. The van der Waals surface area contributed by atoms with Crippen molar-refractivity contribution in [2.75, 3.05) is 0 Å². The van der Waals surface area contributed by atoms with Gasteiger partial charge in [-0.25, -0.2) is 0 Å². The van der Waals surface area contributed by atoms with Gasteiger partial charge in [-0.05, 0) is 12.3 Å². The molecule has 0 saturated carbocycles. The Bertz CT molecular complexity index is 497. The molecule has 0 saturated heterocycles. The van der Waals surface area contributed by atoms with E-state index in [2.05, 4.69) is 5.43 Å². The Morgan fingerprint density at radius 1 is 1.22 bits per heavy atom. The van der Waals surface area contributed by atoms with Gasteiger partial charge in [-0.3, -0.25) is 24.6 Å². The van der Waals surface area contributed by atoms with Crippen molar-refractivity contribution < 1.29 is 24.3 Å². The van der Waals surface area contributed by atoms with Crippen LogP contribution in [0, 0.1) is 5.92 Å². The second kappa shape index (κ2) is 8.42. The second-order valence-electron chi connectivity index (χ2n) is 5.69. The van der Waals surface area contributed by atoms with Crippen molar-refractivity contribution in [3.05, 3.63) is 12.2 Å². The number of amides is 3. The van der Waals surface area contributed by atoms with Gasteiger partial charge >= 0.3 is 5.97 Å². The lowest BCUT2D eigenvalue weighted by Gasteiger charge is -2.36. The van der Waals surface area contributed by atoms with Gasteiger partial charge in [0.1, 0.15) is 0 Å². The molecule has 0 bridgehead atoms. The lowest BCUT2D eigenvalue weighted by Crippen LogP contribution is -2.63. The minimum atomic E-state index is -1.24. The Labute approximate surface area is 135 Å². The van der Waals surface area contributed by atoms with E-state index in [1.807, 2.05) is 6.92 Å². The quantitative estimate of drug-likeness (QED) is 0.370. The number of rotatable bonds is 9. The molecular formula is C15H23N3O5. The van der Waals surface area contributed by atoms with Crippen molar-refractivity contribution in [2.45, 2.75) is 52.5 Å². The van der Waals surface area contributed by atoms with E-state index >= 15 is 0 Å². The summed E-state index contributed by atoms with van der Waals surface area (Å²) in [6, 6.07) is -1.24. The van der Waals surface area contributed by atoms with E-state index in [9.17, 15) is 24.3 Å². The number of carboxylic acid groups (broad SMARTS) is 1. The smallest absolute Gasteiger partial charge is 0.325 e. The minimum Gasteiger partial charge on any atom is -0.480 e. The average molecular weight is 325 g/mol. The molecule has 0 fully saturated rings. The van der Waals surface area contributed by atoms with Crippen LogP contribution in [-0.4, -0.2) is 45.0 Å². The Balaban J connectivity index is 2.97. The predicted molar refractivity (Wildman–Crippen MR) is 81.4 cm³/mol. The molecule has 0 aromatic carbocycles. The van der Waals surface area contributed by atoms with Gasteiger partial charge in [0.25, 0.3) is 11.8 Å². The zero-order chi connectivity index (χ0) is 17.6. The summed E-state index contributed by atoms with van der Waals surface area (Å²) >= 11 is 0. The summed E-state index contributed by atoms with van der Waals surface area (Å²) in [6.45, 7) is 5.26. The molecule has 23 heavy (non-hydrogen) atoms. The molecule has 0 radical (unpaired) electrons. The van der Waals surface area contributed by atoms with Crippen molar-refractivity contribution in [1.29, 1.82) is 0 Å². The van der Waals surface area contributed by atoms with Crippen LogP contribution in [-0.2, 0) is 19.2 Å². The predicted octanol–water partition coefficient (Wildman–Crippen LogP) is 0.849. The minimum absolute atomic E-state index is 0.193. The molecular weight excluding hydrogens is 302 g/mol. The molecule has 1 rings (SSSR count). The summed E-state index contributed by atoms with van der Waals surface area (Å²) in [5, 5.41) is 10.9. The highest BCUT2D eigenvalue weighted by Crippen LogP contribution is 2.16. The number of unbranched alkanes of at least 4 members (excludes halogenated alkanes) is 2. The molecule has 0 unspecified atom stereocenters. The molecule has 1 aliphatic rings. The molecule has 0 spiro atoms. The number of hydrogen-bond acceptors (Lipinski definition) is 5. The van der Waals surface area contributed by atoms with E-state index in [4.69, 9.17) is 0 Å². The van der Waals surface area contributed by atoms with Gasteiger partial charge in [0.2, 0.25) is 5.91 Å². The third-order valence-electron chi connectivity index (χ3n) is 3.40. The molecule has 8 heteroatoms. The number of hydrogen-bond donors (Lipinski definition) is 2. The summed E-state index contributed by atoms with van der Waals surface area (Å²) in [6.07, 6.45) is 4.72. The summed E-state index contributed by atoms with van der Waals surface area (Å²) in [7, 11) is 0. The van der Waals surface area contributed by atoms with Crippen LogP contribution in [0.2, 0.25) is 0 Å². The number of carboxylic acids is 1. The van der Waals surface area contributed by atoms with Crippen molar-refractivity contribution >= 4 is 23.7 Å². The highest BCUT2D eigenvalue weighted by Gasteiger charge is 2.40. The summed E-state index contributed by atoms with van der Waals surface area (Å²) < 4.78 is 0. The van der Waals surface area contributed by atoms with E-state index in [-0.39, 0.29) is 6.42 Å². The van der Waals surface area contributed by atoms with E-state index in [1.54, 1.807) is 13.8 Å². The third kappa shape index (κ3) is 4.88. The summed E-state index contributed by atoms with van der Waals surface area (Å²) in [5.41, 5.74) is 2.40. The van der Waals surface area contributed by atoms with Crippen molar-refractivity contribution in [3.63, 3.8) is 0 Å². The van der Waals surface area contributed by atoms with Gasteiger partial charge in [0.15, 0.2) is 6.04 Å². The first-order valence-corrected chi connectivity index (χ1v) is 7.67. The topological polar surface area (TPSA) is 107 Å². The lowest BCUT2D eigenvalue weighted by molar-refractivity contribution is -0.180. The zero-order valence-electron chi connectivity index (χ0n) is 13.6. The number of hydrazine groups is 2. The lowest BCUT2D eigenvalue weighted by atomic mass is 10.1. The van der Waals surface area contributed by atoms with Crippen molar-refractivity contribution in [2.24, 2.45) is 5.92 Å². The SMILES string of the molecule is CCCCCC(=O)NN([C@H](C(=O)O)C(C)C)N1C(=O)C=CC1=O. The maximum atomic E-state index is 12.0. The molecule has 0 aromatic heterocycles. The van der Waals surface area contributed by atoms with Crippen molar-refractivity contribution in [3.8, 4) is 0 Å². The van der Waals surface area contributed by atoms with Gasteiger partial charge < -0.3 is 5.11 Å². The number of aliphatic carboxylic acids is 1. The van der Waals surface area contributed by atoms with Gasteiger partial charge in [-0.15, -0.1) is 5.12 Å². The van der Waals surface area contributed by atoms with Crippen LogP contribution in [0.5, 0.6) is 0 Å². The van der Waals surface area contributed by atoms with E-state index in [0.717, 1.165) is 30.1 Å². The van der Waals surface area contributed by atoms with Crippen LogP contribution >= 0.6 is 0 Å². The van der Waals surface area contributed by atoms with E-state index in [0.29, 0.717) is 11.4 Å². The fourth-order valence-corrected chi connectivity index (χ4v) is 2.24. The second-order valence-corrected chi connectivity index (χ2v) is 5.69. The van der Waals surface area contributed by atoms with Crippen LogP contribution in [0.15, 0.2) is 12.2 Å². The fraction of sp³-hybridized carbons (Fsp3) is 0.600. The maximum absolute atomic E-state index is 12.0. The number of nitrogens with zero attached hydrogens (tertiary/aromatic N) is 2. The molecule has 8 nitrogen and oxygen atoms in total. The monoisotopic (exact) mass is 325 g/mol. The number of carbonyl (C=O) groups is 4. The molecule has 2 N–H and O–H groups in total. The highest BCUT2D eigenvalue weighted by molar-refractivity contribution is 6.12. The summed E-state index contributed by atoms with van der Waals surface area (Å²) in [4.78, 5) is 47.3. The van der Waals surface area contributed by atoms with Crippen LogP contribution in [0.4, 0.5) is 0 Å². The molecule has 1 atom stereocenters. The van der Waals surface area contributed by atoms with Gasteiger partial charge in [-0.1, -0.05) is 33.6 Å². The standard InChI is InChI=1S/C15H23N3O5/c1-4-5-6-7-11(19)16-18(14(10(2)3)15(22)23)17-12(20)8-9-13(17)21/h8-10,14H,4-7H2,1-3H3,(H,16,19)(H,22,23)/t14-/m0/s1. The van der Waals surface area contributed by atoms with Crippen LogP contribution in [0.25, 0.3) is 0 Å². The number of nitrogens with one attached hydrogen (secondary N) is 1. The Morgan fingerprint density at radius 2 is 1.78 bits per heavy atom. The molecule has 0 aromatic rings. The van der Waals surface area contributed by atoms with E-state index < -0.39 is 35.7 Å². The van der Waals surface area contributed by atoms with Crippen LogP contribution in [0.1, 0.15) is 46.5 Å². The highest BCUT2D eigenvalue weighted by atomic mass is 16.4.